The van der Waals surface area contributed by atoms with Gasteiger partial charge < -0.3 is 0 Å². The Morgan fingerprint density at radius 2 is 1.61 bits per heavy atom. The lowest BCUT2D eigenvalue weighted by Gasteiger charge is -2.09. The Morgan fingerprint density at radius 1 is 1.06 bits per heavy atom. The van der Waals surface area contributed by atoms with E-state index in [0.717, 1.165) is 6.20 Å². The number of alkyl halides is 3. The molecule has 0 aliphatic rings. The van der Waals surface area contributed by atoms with E-state index in [4.69, 9.17) is 34.8 Å². The smallest absolute Gasteiger partial charge is 0.284 e. The van der Waals surface area contributed by atoms with Crippen LogP contribution < -0.4 is 0 Å². The fraction of sp³-hybridized carbons (Fsp3) is 0.100. The Kier molecular flexibility index (Phi) is 3.49. The number of aromatic amines is 1. The quantitative estimate of drug-likeness (QED) is 0.783. The van der Waals surface area contributed by atoms with Crippen LogP contribution in [0, 0.1) is 0 Å². The van der Waals surface area contributed by atoms with Crippen molar-refractivity contribution in [2.45, 2.75) is 6.18 Å². The Labute approximate surface area is 115 Å². The zero-order valence-electron chi connectivity index (χ0n) is 8.45. The van der Waals surface area contributed by atoms with Gasteiger partial charge in [0.2, 0.25) is 0 Å². The van der Waals surface area contributed by atoms with Crippen LogP contribution in [-0.2, 0) is 6.18 Å². The van der Waals surface area contributed by atoms with Crippen molar-refractivity contribution in [3.63, 3.8) is 0 Å². The van der Waals surface area contributed by atoms with E-state index in [-0.39, 0.29) is 26.2 Å². The van der Waals surface area contributed by atoms with Crippen LogP contribution in [0.1, 0.15) is 5.69 Å². The van der Waals surface area contributed by atoms with Crippen molar-refractivity contribution in [1.82, 2.24) is 10.2 Å². The first-order valence-corrected chi connectivity index (χ1v) is 5.70. The van der Waals surface area contributed by atoms with Gasteiger partial charge >= 0.3 is 6.18 Å². The van der Waals surface area contributed by atoms with Crippen LogP contribution >= 0.6 is 34.8 Å². The maximum atomic E-state index is 12.7. The van der Waals surface area contributed by atoms with E-state index < -0.39 is 11.9 Å². The Balaban J connectivity index is 2.68. The number of nitrogens with zero attached hydrogens (tertiary/aromatic N) is 1. The van der Waals surface area contributed by atoms with Gasteiger partial charge in [-0.1, -0.05) is 34.8 Å². The molecule has 0 atom stereocenters. The van der Waals surface area contributed by atoms with Crippen molar-refractivity contribution in [2.75, 3.05) is 0 Å². The molecule has 2 aromatic rings. The number of benzene rings is 1. The number of hydrogen-bond acceptors (Lipinski definition) is 1. The predicted octanol–water partition coefficient (Wildman–Crippen LogP) is 5.06. The first-order valence-electron chi connectivity index (χ1n) is 4.56. The van der Waals surface area contributed by atoms with E-state index in [0.29, 0.717) is 0 Å². The van der Waals surface area contributed by atoms with E-state index in [1.54, 1.807) is 0 Å². The molecule has 0 spiro atoms. The van der Waals surface area contributed by atoms with Gasteiger partial charge in [0.1, 0.15) is 0 Å². The molecular formula is C10H4Cl3F3N2. The van der Waals surface area contributed by atoms with E-state index in [1.165, 1.54) is 12.1 Å². The highest BCUT2D eigenvalue weighted by Gasteiger charge is 2.37. The molecule has 0 saturated heterocycles. The molecule has 18 heavy (non-hydrogen) atoms. The summed E-state index contributed by atoms with van der Waals surface area (Å²) in [5.74, 6) is 0. The molecule has 0 saturated carbocycles. The van der Waals surface area contributed by atoms with Crippen LogP contribution in [0.2, 0.25) is 15.1 Å². The molecule has 96 valence electrons. The minimum Gasteiger partial charge on any atom is -0.284 e. The van der Waals surface area contributed by atoms with Crippen LogP contribution in [0.5, 0.6) is 0 Å². The highest BCUT2D eigenvalue weighted by Crippen LogP contribution is 2.42. The van der Waals surface area contributed by atoms with Gasteiger partial charge in [-0.15, -0.1) is 0 Å². The lowest BCUT2D eigenvalue weighted by Crippen LogP contribution is -2.07. The Morgan fingerprint density at radius 3 is 2.11 bits per heavy atom. The number of hydrogen-bond donors (Lipinski definition) is 1. The van der Waals surface area contributed by atoms with Gasteiger partial charge in [0.15, 0.2) is 5.69 Å². The van der Waals surface area contributed by atoms with Crippen LogP contribution in [0.15, 0.2) is 18.3 Å². The lowest BCUT2D eigenvalue weighted by molar-refractivity contribution is -0.140. The average molecular weight is 316 g/mol. The second-order valence-corrected chi connectivity index (χ2v) is 4.64. The van der Waals surface area contributed by atoms with Gasteiger partial charge in [-0.3, -0.25) is 5.10 Å². The Hall–Kier alpha value is -0.910. The molecule has 8 heteroatoms. The lowest BCUT2D eigenvalue weighted by atomic mass is 10.1. The third-order valence-electron chi connectivity index (χ3n) is 2.19. The highest BCUT2D eigenvalue weighted by atomic mass is 35.5. The average Bonchev–Trinajstić information content (AvgIpc) is 2.63. The standard InChI is InChI=1S/C10H4Cl3F3N2/c11-4-1-6(12)8(7(13)2-4)5-3-17-18-9(5)10(14,15)16/h1-3H,(H,17,18). The molecule has 0 aliphatic carbocycles. The molecule has 0 amide bonds. The fourth-order valence-electron chi connectivity index (χ4n) is 1.50. The molecule has 0 radical (unpaired) electrons. The summed E-state index contributed by atoms with van der Waals surface area (Å²) in [5, 5.41) is 5.62. The van der Waals surface area contributed by atoms with Crippen LogP contribution in [0.4, 0.5) is 13.2 Å². The molecule has 1 aromatic heterocycles. The monoisotopic (exact) mass is 314 g/mol. The molecule has 0 bridgehead atoms. The number of H-pyrrole nitrogens is 1. The van der Waals surface area contributed by atoms with E-state index in [1.807, 2.05) is 0 Å². The van der Waals surface area contributed by atoms with Gasteiger partial charge in [-0.2, -0.15) is 18.3 Å². The normalized spacial score (nSPS) is 11.9. The zero-order valence-corrected chi connectivity index (χ0v) is 10.7. The fourth-order valence-corrected chi connectivity index (χ4v) is 2.52. The molecule has 0 unspecified atom stereocenters. The topological polar surface area (TPSA) is 28.7 Å². The summed E-state index contributed by atoms with van der Waals surface area (Å²) in [6.45, 7) is 0. The minimum absolute atomic E-state index is 0.0272. The van der Waals surface area contributed by atoms with Crippen molar-refractivity contribution in [3.8, 4) is 11.1 Å². The predicted molar refractivity (Wildman–Crippen MR) is 64.1 cm³/mol. The summed E-state index contributed by atoms with van der Waals surface area (Å²) in [5.41, 5.74) is -1.24. The van der Waals surface area contributed by atoms with Gasteiger partial charge in [-0.25, -0.2) is 0 Å². The first kappa shape index (κ1) is 13.5. The summed E-state index contributed by atoms with van der Waals surface area (Å²) in [7, 11) is 0. The largest absolute Gasteiger partial charge is 0.435 e. The number of rotatable bonds is 1. The molecule has 2 rings (SSSR count). The third-order valence-corrected chi connectivity index (χ3v) is 3.00. The zero-order chi connectivity index (χ0) is 13.5. The number of nitrogens with one attached hydrogen (secondary N) is 1. The third kappa shape index (κ3) is 2.43. The highest BCUT2D eigenvalue weighted by molar-refractivity contribution is 6.41. The van der Waals surface area contributed by atoms with Crippen molar-refractivity contribution >= 4 is 34.8 Å². The summed E-state index contributed by atoms with van der Waals surface area (Å²) < 4.78 is 38.1. The van der Waals surface area contributed by atoms with Gasteiger partial charge in [-0.05, 0) is 12.1 Å². The Bertz CT molecular complexity index is 569. The maximum Gasteiger partial charge on any atom is 0.435 e. The van der Waals surface area contributed by atoms with Gasteiger partial charge in [0.05, 0.1) is 10.0 Å². The molecule has 1 N–H and O–H groups in total. The van der Waals surface area contributed by atoms with Gasteiger partial charge in [0.25, 0.3) is 0 Å². The second kappa shape index (κ2) is 4.64. The van der Waals surface area contributed by atoms with Crippen LogP contribution in [-0.4, -0.2) is 10.2 Å². The maximum absolute atomic E-state index is 12.7. The summed E-state index contributed by atoms with van der Waals surface area (Å²) in [6, 6.07) is 2.63. The second-order valence-electron chi connectivity index (χ2n) is 3.39. The van der Waals surface area contributed by atoms with Crippen LogP contribution in [0.3, 0.4) is 0 Å². The van der Waals surface area contributed by atoms with E-state index in [9.17, 15) is 13.2 Å². The summed E-state index contributed by atoms with van der Waals surface area (Å²) >= 11 is 17.4. The van der Waals surface area contributed by atoms with Crippen molar-refractivity contribution in [3.05, 3.63) is 39.1 Å². The van der Waals surface area contributed by atoms with Gasteiger partial charge in [0, 0.05) is 22.3 Å². The van der Waals surface area contributed by atoms with E-state index >= 15 is 0 Å². The molecular weight excluding hydrogens is 311 g/mol. The summed E-state index contributed by atoms with van der Waals surface area (Å²) in [6.07, 6.45) is -3.51. The van der Waals surface area contributed by atoms with Crippen molar-refractivity contribution < 1.29 is 13.2 Å². The first-order chi connectivity index (χ1) is 8.30. The molecule has 0 aliphatic heterocycles. The molecule has 1 heterocycles. The van der Waals surface area contributed by atoms with Crippen LogP contribution in [0.25, 0.3) is 11.1 Å². The molecule has 2 nitrogen and oxygen atoms in total. The molecule has 1 aromatic carbocycles. The number of aromatic nitrogens is 2. The van der Waals surface area contributed by atoms with Crippen molar-refractivity contribution in [2.24, 2.45) is 0 Å². The SMILES string of the molecule is FC(F)(F)c1n[nH]cc1-c1c(Cl)cc(Cl)cc1Cl. The number of halogens is 6. The van der Waals surface area contributed by atoms with Crippen molar-refractivity contribution in [1.29, 1.82) is 0 Å². The minimum atomic E-state index is -4.60. The molecule has 0 fully saturated rings. The van der Waals surface area contributed by atoms with E-state index in [2.05, 4.69) is 10.2 Å². The summed E-state index contributed by atoms with van der Waals surface area (Å²) in [4.78, 5) is 0.